The second kappa shape index (κ2) is 5.75. The first-order chi connectivity index (χ1) is 6.63. The van der Waals surface area contributed by atoms with Crippen LogP contribution in [0.15, 0.2) is 18.2 Å². The van der Waals surface area contributed by atoms with Gasteiger partial charge in [0.15, 0.2) is 0 Å². The highest BCUT2D eigenvalue weighted by molar-refractivity contribution is 14.1. The molecule has 0 bridgehead atoms. The van der Waals surface area contributed by atoms with Gasteiger partial charge in [-0.15, -0.1) is 0 Å². The Balaban J connectivity index is 2.62. The van der Waals surface area contributed by atoms with Crippen LogP contribution in [0.4, 0.5) is 5.69 Å². The van der Waals surface area contributed by atoms with Crippen LogP contribution in [0.25, 0.3) is 0 Å². The zero-order chi connectivity index (χ0) is 10.6. The molecule has 0 heterocycles. The molecule has 14 heavy (non-hydrogen) atoms. The minimum absolute atomic E-state index is 0.246. The number of hydrogen-bond donors (Lipinski definition) is 3. The fourth-order valence-corrected chi connectivity index (χ4v) is 1.62. The molecule has 5 heteroatoms. The Morgan fingerprint density at radius 1 is 1.50 bits per heavy atom. The number of aliphatic hydroxyl groups excluding tert-OH is 2. The maximum atomic E-state index is 9.13. The molecule has 0 radical (unpaired) electrons. The first-order valence-corrected chi connectivity index (χ1v) is 5.57. The summed E-state index contributed by atoms with van der Waals surface area (Å²) in [5, 5.41) is 21.4. The summed E-state index contributed by atoms with van der Waals surface area (Å²) in [6, 6.07) is 5.47. The van der Waals surface area contributed by atoms with Gasteiger partial charge in [0.2, 0.25) is 0 Å². The number of halogens is 2. The molecule has 3 N–H and O–H groups in total. The van der Waals surface area contributed by atoms with Crippen LogP contribution in [-0.2, 0) is 0 Å². The SMILES string of the molecule is OCC(O)CNc1cc(Cl)ccc1I. The van der Waals surface area contributed by atoms with Gasteiger partial charge in [0.05, 0.1) is 12.7 Å². The van der Waals surface area contributed by atoms with Crippen LogP contribution >= 0.6 is 34.2 Å². The van der Waals surface area contributed by atoms with Crippen LogP contribution in [0.1, 0.15) is 0 Å². The molecular weight excluding hydrogens is 316 g/mol. The van der Waals surface area contributed by atoms with Crippen molar-refractivity contribution in [2.24, 2.45) is 0 Å². The van der Waals surface area contributed by atoms with Crippen molar-refractivity contribution < 1.29 is 10.2 Å². The summed E-state index contributed by atoms with van der Waals surface area (Å²) in [6.45, 7) is 0.0665. The van der Waals surface area contributed by atoms with Gasteiger partial charge < -0.3 is 15.5 Å². The molecule has 0 aliphatic rings. The van der Waals surface area contributed by atoms with E-state index in [0.29, 0.717) is 11.6 Å². The van der Waals surface area contributed by atoms with E-state index < -0.39 is 6.10 Å². The first kappa shape index (κ1) is 12.0. The summed E-state index contributed by atoms with van der Waals surface area (Å²) in [5.41, 5.74) is 0.866. The van der Waals surface area contributed by atoms with Crippen molar-refractivity contribution >= 4 is 39.9 Å². The van der Waals surface area contributed by atoms with Crippen LogP contribution in [0.3, 0.4) is 0 Å². The lowest BCUT2D eigenvalue weighted by molar-refractivity contribution is 0.105. The van der Waals surface area contributed by atoms with Crippen LogP contribution < -0.4 is 5.32 Å². The second-order valence-electron chi connectivity index (χ2n) is 2.84. The van der Waals surface area contributed by atoms with E-state index in [-0.39, 0.29) is 6.61 Å². The topological polar surface area (TPSA) is 52.5 Å². The number of nitrogens with one attached hydrogen (secondary N) is 1. The molecule has 1 unspecified atom stereocenters. The molecular formula is C9H11ClINO2. The normalized spacial score (nSPS) is 12.6. The molecule has 3 nitrogen and oxygen atoms in total. The van der Waals surface area contributed by atoms with E-state index in [2.05, 4.69) is 27.9 Å². The molecule has 0 saturated heterocycles. The summed E-state index contributed by atoms with van der Waals surface area (Å²) in [4.78, 5) is 0. The Morgan fingerprint density at radius 2 is 2.21 bits per heavy atom. The lowest BCUT2D eigenvalue weighted by atomic mass is 10.3. The fourth-order valence-electron chi connectivity index (χ4n) is 0.925. The van der Waals surface area contributed by atoms with Crippen molar-refractivity contribution in [2.45, 2.75) is 6.10 Å². The van der Waals surface area contributed by atoms with Gasteiger partial charge in [0.25, 0.3) is 0 Å². The maximum Gasteiger partial charge on any atom is 0.0942 e. The monoisotopic (exact) mass is 327 g/mol. The van der Waals surface area contributed by atoms with E-state index in [1.807, 2.05) is 6.07 Å². The third kappa shape index (κ3) is 3.61. The molecule has 0 saturated carbocycles. The summed E-state index contributed by atoms with van der Waals surface area (Å²) in [7, 11) is 0. The molecule has 1 aromatic carbocycles. The molecule has 78 valence electrons. The summed E-state index contributed by atoms with van der Waals surface area (Å²) in [5.74, 6) is 0. The van der Waals surface area contributed by atoms with Crippen molar-refractivity contribution in [2.75, 3.05) is 18.5 Å². The van der Waals surface area contributed by atoms with Crippen LogP contribution in [0.2, 0.25) is 5.02 Å². The molecule has 1 aromatic rings. The Hall–Kier alpha value is -0.0400. The lowest BCUT2D eigenvalue weighted by Crippen LogP contribution is -2.23. The van der Waals surface area contributed by atoms with Gasteiger partial charge in [-0.05, 0) is 40.8 Å². The number of hydrogen-bond acceptors (Lipinski definition) is 3. The molecule has 0 amide bonds. The Kier molecular flexibility index (Phi) is 4.94. The molecule has 0 aromatic heterocycles. The van der Waals surface area contributed by atoms with E-state index in [9.17, 15) is 0 Å². The van der Waals surface area contributed by atoms with Crippen molar-refractivity contribution in [1.82, 2.24) is 0 Å². The zero-order valence-corrected chi connectivity index (χ0v) is 10.3. The van der Waals surface area contributed by atoms with Gasteiger partial charge in [-0.1, -0.05) is 11.6 Å². The molecule has 0 fully saturated rings. The van der Waals surface area contributed by atoms with Gasteiger partial charge in [-0.2, -0.15) is 0 Å². The van der Waals surface area contributed by atoms with E-state index >= 15 is 0 Å². The lowest BCUT2D eigenvalue weighted by Gasteiger charge is -2.11. The highest BCUT2D eigenvalue weighted by atomic mass is 127. The molecule has 1 atom stereocenters. The second-order valence-corrected chi connectivity index (χ2v) is 4.44. The number of aliphatic hydroxyl groups is 2. The first-order valence-electron chi connectivity index (χ1n) is 4.11. The summed E-state index contributed by atoms with van der Waals surface area (Å²) >= 11 is 7.98. The third-order valence-corrected chi connectivity index (χ3v) is 2.84. The van der Waals surface area contributed by atoms with E-state index in [1.165, 1.54) is 0 Å². The van der Waals surface area contributed by atoms with E-state index in [0.717, 1.165) is 9.26 Å². The Labute approximate surface area is 101 Å². The van der Waals surface area contributed by atoms with Crippen molar-refractivity contribution in [3.63, 3.8) is 0 Å². The van der Waals surface area contributed by atoms with Gasteiger partial charge in [-0.25, -0.2) is 0 Å². The maximum absolute atomic E-state index is 9.13. The van der Waals surface area contributed by atoms with Crippen LogP contribution in [0.5, 0.6) is 0 Å². The van der Waals surface area contributed by atoms with E-state index in [1.54, 1.807) is 12.1 Å². The predicted octanol–water partition coefficient (Wildman–Crippen LogP) is 1.71. The number of benzene rings is 1. The fraction of sp³-hybridized carbons (Fsp3) is 0.333. The molecule has 1 rings (SSSR count). The smallest absolute Gasteiger partial charge is 0.0942 e. The highest BCUT2D eigenvalue weighted by Crippen LogP contribution is 2.22. The van der Waals surface area contributed by atoms with Gasteiger partial charge in [0, 0.05) is 20.8 Å². The molecule has 0 aliphatic carbocycles. The standard InChI is InChI=1S/C9H11ClINO2/c10-6-1-2-8(11)9(3-6)12-4-7(14)5-13/h1-3,7,12-14H,4-5H2. The van der Waals surface area contributed by atoms with Crippen LogP contribution in [-0.4, -0.2) is 29.5 Å². The molecule has 0 spiro atoms. The quantitative estimate of drug-likeness (QED) is 0.738. The minimum Gasteiger partial charge on any atom is -0.394 e. The van der Waals surface area contributed by atoms with Gasteiger partial charge >= 0.3 is 0 Å². The Morgan fingerprint density at radius 3 is 2.86 bits per heavy atom. The largest absolute Gasteiger partial charge is 0.394 e. The van der Waals surface area contributed by atoms with Crippen molar-refractivity contribution in [3.05, 3.63) is 26.8 Å². The van der Waals surface area contributed by atoms with Crippen molar-refractivity contribution in [1.29, 1.82) is 0 Å². The Bertz CT molecular complexity index is 309. The summed E-state index contributed by atoms with van der Waals surface area (Å²) < 4.78 is 1.03. The van der Waals surface area contributed by atoms with E-state index in [4.69, 9.17) is 21.8 Å². The van der Waals surface area contributed by atoms with Crippen molar-refractivity contribution in [3.8, 4) is 0 Å². The molecule has 0 aliphatic heterocycles. The average molecular weight is 328 g/mol. The third-order valence-electron chi connectivity index (χ3n) is 1.67. The minimum atomic E-state index is -0.746. The zero-order valence-electron chi connectivity index (χ0n) is 7.37. The number of anilines is 1. The van der Waals surface area contributed by atoms with Gasteiger partial charge in [0.1, 0.15) is 0 Å². The summed E-state index contributed by atoms with van der Waals surface area (Å²) in [6.07, 6.45) is -0.746. The van der Waals surface area contributed by atoms with Crippen LogP contribution in [0, 0.1) is 3.57 Å². The average Bonchev–Trinajstić information content (AvgIpc) is 2.19. The van der Waals surface area contributed by atoms with Gasteiger partial charge in [-0.3, -0.25) is 0 Å². The predicted molar refractivity (Wildman–Crippen MR) is 65.8 cm³/mol. The number of rotatable bonds is 4. The highest BCUT2D eigenvalue weighted by Gasteiger charge is 2.04.